The minimum Gasteiger partial charge on any atom is -0.360 e. The van der Waals surface area contributed by atoms with Crippen molar-refractivity contribution in [3.8, 4) is 0 Å². The minimum absolute atomic E-state index is 0.0854. The fraction of sp³-hybridized carbons (Fsp3) is 0.556. The molecule has 214 valence electrons. The first-order chi connectivity index (χ1) is 19.2. The summed E-state index contributed by atoms with van der Waals surface area (Å²) in [6.07, 6.45) is 11.2. The summed E-state index contributed by atoms with van der Waals surface area (Å²) < 4.78 is 6.13. The van der Waals surface area contributed by atoms with E-state index in [2.05, 4.69) is 110 Å². The van der Waals surface area contributed by atoms with Crippen LogP contribution in [-0.2, 0) is 10.2 Å². The van der Waals surface area contributed by atoms with Crippen LogP contribution in [-0.4, -0.2) is 59.9 Å². The van der Waals surface area contributed by atoms with E-state index in [0.717, 1.165) is 25.4 Å². The number of hydrogen-bond acceptors (Lipinski definition) is 4. The third-order valence-corrected chi connectivity index (χ3v) is 10.2. The summed E-state index contributed by atoms with van der Waals surface area (Å²) in [4.78, 5) is 8.08. The molecule has 0 radical (unpaired) electrons. The van der Waals surface area contributed by atoms with Crippen LogP contribution in [0.15, 0.2) is 72.9 Å². The van der Waals surface area contributed by atoms with Crippen LogP contribution in [0.5, 0.6) is 0 Å². The van der Waals surface area contributed by atoms with Crippen molar-refractivity contribution in [1.29, 1.82) is 0 Å². The summed E-state index contributed by atoms with van der Waals surface area (Å²) in [5, 5.41) is 0. The van der Waals surface area contributed by atoms with E-state index in [4.69, 9.17) is 4.74 Å². The van der Waals surface area contributed by atoms with Crippen LogP contribution in [0.25, 0.3) is 5.57 Å². The third-order valence-electron chi connectivity index (χ3n) is 10.2. The van der Waals surface area contributed by atoms with E-state index in [1.807, 2.05) is 0 Å². The van der Waals surface area contributed by atoms with Gasteiger partial charge in [-0.1, -0.05) is 55.1 Å². The molecule has 3 atom stereocenters. The molecule has 3 fully saturated rings. The molecule has 0 aliphatic carbocycles. The van der Waals surface area contributed by atoms with Crippen LogP contribution in [0.4, 0.5) is 5.69 Å². The maximum Gasteiger partial charge on any atom is 0.0997 e. The lowest BCUT2D eigenvalue weighted by Crippen LogP contribution is -2.52. The average molecular weight is 540 g/mol. The van der Waals surface area contributed by atoms with Gasteiger partial charge < -0.3 is 9.64 Å². The SMILES string of the molecule is C=C1C=C(C)N(C2C[C@H]3CC[C@@H](C2)N3CCC2(c3ccccc3)CCN(COC(C)(C)C)CC2)c2ccccc21. The standard InChI is InChI=1S/C36H49N3O/c1-27-23-28(2)39(34-14-10-9-13-33(27)34)32-24-30-15-16-31(25-32)38(30)22-19-36(29-11-7-6-8-12-29)17-20-37(21-18-36)26-40-35(3,4)5/h6-14,23,30-32H,1,15-22,24-26H2,2-5H3/t30-,31+,32?. The van der Waals surface area contributed by atoms with Crippen molar-refractivity contribution in [2.45, 2.75) is 102 Å². The van der Waals surface area contributed by atoms with Gasteiger partial charge in [-0.15, -0.1) is 0 Å². The first kappa shape index (κ1) is 27.8. The van der Waals surface area contributed by atoms with E-state index in [1.54, 1.807) is 5.56 Å². The molecule has 0 saturated carbocycles. The Morgan fingerprint density at radius 2 is 1.55 bits per heavy atom. The van der Waals surface area contributed by atoms with Gasteiger partial charge >= 0.3 is 0 Å². The number of nitrogens with zero attached hydrogens (tertiary/aromatic N) is 3. The summed E-state index contributed by atoms with van der Waals surface area (Å²) >= 11 is 0. The number of piperidine rings is 2. The Kier molecular flexibility index (Phi) is 7.71. The number of fused-ring (bicyclic) bond motifs is 3. The highest BCUT2D eigenvalue weighted by Crippen LogP contribution is 2.45. The van der Waals surface area contributed by atoms with E-state index < -0.39 is 0 Å². The Hall–Kier alpha value is -2.40. The molecule has 4 nitrogen and oxygen atoms in total. The second-order valence-corrected chi connectivity index (χ2v) is 13.8. The molecule has 4 heterocycles. The molecule has 4 aliphatic rings. The Balaban J connectivity index is 1.14. The van der Waals surface area contributed by atoms with E-state index in [9.17, 15) is 0 Å². The van der Waals surface area contributed by atoms with Gasteiger partial charge in [0.25, 0.3) is 0 Å². The molecule has 3 saturated heterocycles. The summed E-state index contributed by atoms with van der Waals surface area (Å²) in [5.41, 5.74) is 6.87. The molecule has 0 aromatic heterocycles. The molecular weight excluding hydrogens is 490 g/mol. The molecule has 40 heavy (non-hydrogen) atoms. The summed E-state index contributed by atoms with van der Waals surface area (Å²) in [7, 11) is 0. The van der Waals surface area contributed by atoms with Crippen LogP contribution < -0.4 is 4.90 Å². The molecule has 6 rings (SSSR count). The van der Waals surface area contributed by atoms with Crippen LogP contribution in [0.2, 0.25) is 0 Å². The van der Waals surface area contributed by atoms with Crippen molar-refractivity contribution >= 4 is 11.3 Å². The van der Waals surface area contributed by atoms with Gasteiger partial charge in [-0.25, -0.2) is 0 Å². The highest BCUT2D eigenvalue weighted by Gasteiger charge is 2.45. The molecule has 2 aromatic rings. The molecule has 4 aliphatic heterocycles. The summed E-state index contributed by atoms with van der Waals surface area (Å²) in [6.45, 7) is 17.3. The van der Waals surface area contributed by atoms with Crippen LogP contribution >= 0.6 is 0 Å². The Labute approximate surface area is 242 Å². The first-order valence-corrected chi connectivity index (χ1v) is 15.7. The fourth-order valence-electron chi connectivity index (χ4n) is 8.06. The number of ether oxygens (including phenoxy) is 1. The summed E-state index contributed by atoms with van der Waals surface area (Å²) in [6, 6.07) is 22.3. The number of para-hydroxylation sites is 1. The van der Waals surface area contributed by atoms with Crippen molar-refractivity contribution in [1.82, 2.24) is 9.80 Å². The van der Waals surface area contributed by atoms with Gasteiger partial charge in [0.1, 0.15) is 0 Å². The zero-order valence-corrected chi connectivity index (χ0v) is 25.2. The second kappa shape index (κ2) is 11.1. The number of rotatable bonds is 7. The third kappa shape index (κ3) is 5.55. The highest BCUT2D eigenvalue weighted by atomic mass is 16.5. The molecular formula is C36H49N3O. The lowest BCUT2D eigenvalue weighted by Gasteiger charge is -2.48. The molecule has 0 amide bonds. The van der Waals surface area contributed by atoms with Crippen molar-refractivity contribution in [2.75, 3.05) is 31.3 Å². The number of anilines is 1. The van der Waals surface area contributed by atoms with Crippen molar-refractivity contribution < 1.29 is 4.74 Å². The van der Waals surface area contributed by atoms with Gasteiger partial charge in [-0.05, 0) is 108 Å². The lowest BCUT2D eigenvalue weighted by molar-refractivity contribution is -0.0738. The topological polar surface area (TPSA) is 19.0 Å². The summed E-state index contributed by atoms with van der Waals surface area (Å²) in [5.74, 6) is 0. The molecule has 4 heteroatoms. The van der Waals surface area contributed by atoms with Crippen molar-refractivity contribution in [3.05, 3.63) is 84.1 Å². The number of benzene rings is 2. The molecule has 0 spiro atoms. The number of likely N-dealkylation sites (tertiary alicyclic amines) is 1. The van der Waals surface area contributed by atoms with Gasteiger partial charge in [0.2, 0.25) is 0 Å². The van der Waals surface area contributed by atoms with Crippen molar-refractivity contribution in [2.24, 2.45) is 0 Å². The lowest BCUT2D eigenvalue weighted by atomic mass is 9.70. The maximum absolute atomic E-state index is 6.13. The van der Waals surface area contributed by atoms with Crippen LogP contribution in [0.1, 0.15) is 83.8 Å². The molecule has 0 N–H and O–H groups in total. The fourth-order valence-corrected chi connectivity index (χ4v) is 8.06. The minimum atomic E-state index is -0.0854. The normalized spacial score (nSPS) is 27.0. The first-order valence-electron chi connectivity index (χ1n) is 15.7. The van der Waals surface area contributed by atoms with Gasteiger partial charge in [0.05, 0.1) is 12.3 Å². The van der Waals surface area contributed by atoms with Crippen LogP contribution in [0, 0.1) is 0 Å². The predicted molar refractivity (Wildman–Crippen MR) is 167 cm³/mol. The molecule has 2 aromatic carbocycles. The average Bonchev–Trinajstić information content (AvgIpc) is 3.18. The molecule has 2 bridgehead atoms. The van der Waals surface area contributed by atoms with Gasteiger partial charge in [-0.2, -0.15) is 0 Å². The van der Waals surface area contributed by atoms with E-state index in [-0.39, 0.29) is 11.0 Å². The van der Waals surface area contributed by atoms with E-state index >= 15 is 0 Å². The Morgan fingerprint density at radius 1 is 0.900 bits per heavy atom. The van der Waals surface area contributed by atoms with Gasteiger partial charge in [0, 0.05) is 48.2 Å². The number of hydrogen-bond donors (Lipinski definition) is 0. The Bertz CT molecular complexity index is 1210. The maximum atomic E-state index is 6.13. The quantitative estimate of drug-likeness (QED) is 0.360. The van der Waals surface area contributed by atoms with Gasteiger partial charge in [0.15, 0.2) is 0 Å². The van der Waals surface area contributed by atoms with E-state index in [0.29, 0.717) is 18.1 Å². The smallest absolute Gasteiger partial charge is 0.0997 e. The monoisotopic (exact) mass is 539 g/mol. The highest BCUT2D eigenvalue weighted by molar-refractivity contribution is 5.86. The zero-order valence-electron chi connectivity index (χ0n) is 25.2. The zero-order chi connectivity index (χ0) is 27.9. The largest absolute Gasteiger partial charge is 0.360 e. The van der Waals surface area contributed by atoms with Crippen molar-refractivity contribution in [3.63, 3.8) is 0 Å². The van der Waals surface area contributed by atoms with E-state index in [1.165, 1.54) is 68.4 Å². The Morgan fingerprint density at radius 3 is 2.23 bits per heavy atom. The second-order valence-electron chi connectivity index (χ2n) is 13.8. The number of allylic oxidation sites excluding steroid dienone is 3. The van der Waals surface area contributed by atoms with Crippen LogP contribution in [0.3, 0.4) is 0 Å². The predicted octanol–water partition coefficient (Wildman–Crippen LogP) is 7.62. The molecule has 1 unspecified atom stereocenters. The van der Waals surface area contributed by atoms with Gasteiger partial charge in [-0.3, -0.25) is 9.80 Å².